The standard InChI is InChI=1S/C72H78N10O10/c1-49(2)51-5-9-53(10-6-51)63(83)73-29-33-75(34-30-73)65(85)55-13-17-57(18-14-55)67(87)77-37-41-79(42-38-77)69(89)59-21-25-61(26-22-59)71(91)81-45-47-82(48-46-81)72(92)62-27-23-60(24-28-62)70(90)80-43-39-78(40-44-80)68(88)58-19-15-56(16-20-58)66(86)76-35-31-74(32-36-76)64(84)54-11-7-52(8-12-54)50(3)4/h5-28,49-50H,29-48H2,1-4H3. The molecule has 20 nitrogen and oxygen atoms in total. The summed E-state index contributed by atoms with van der Waals surface area (Å²) in [6.45, 7) is 15.6. The number of nitrogens with zero attached hydrogens (tertiary/aromatic N) is 10. The third-order valence-electron chi connectivity index (χ3n) is 18.4. The summed E-state index contributed by atoms with van der Waals surface area (Å²) in [7, 11) is 0. The van der Waals surface area contributed by atoms with E-state index in [-0.39, 0.29) is 59.1 Å². The molecule has 0 bridgehead atoms. The third-order valence-corrected chi connectivity index (χ3v) is 18.4. The molecule has 5 aliphatic heterocycles. The molecule has 5 aliphatic rings. The first kappa shape index (κ1) is 63.6. The van der Waals surface area contributed by atoms with Gasteiger partial charge in [0.25, 0.3) is 59.1 Å². The first-order valence-corrected chi connectivity index (χ1v) is 31.9. The van der Waals surface area contributed by atoms with Gasteiger partial charge in [0.05, 0.1) is 0 Å². The van der Waals surface area contributed by atoms with Crippen molar-refractivity contribution in [2.75, 3.05) is 131 Å². The van der Waals surface area contributed by atoms with Crippen LogP contribution < -0.4 is 0 Å². The van der Waals surface area contributed by atoms with E-state index in [1.54, 1.807) is 146 Å². The minimum absolute atomic E-state index is 0.0487. The Hall–Kier alpha value is -9.98. The van der Waals surface area contributed by atoms with Gasteiger partial charge in [0.2, 0.25) is 0 Å². The van der Waals surface area contributed by atoms with E-state index in [4.69, 9.17) is 0 Å². The first-order chi connectivity index (χ1) is 44.4. The van der Waals surface area contributed by atoms with Crippen LogP contribution in [0, 0.1) is 0 Å². The highest BCUT2D eigenvalue weighted by Gasteiger charge is 2.32. The van der Waals surface area contributed by atoms with Gasteiger partial charge in [-0.05, 0) is 144 Å². The Morgan fingerprint density at radius 3 is 0.359 bits per heavy atom. The fourth-order valence-corrected chi connectivity index (χ4v) is 12.4. The largest absolute Gasteiger partial charge is 0.335 e. The number of rotatable bonds is 12. The van der Waals surface area contributed by atoms with Crippen LogP contribution in [0.15, 0.2) is 146 Å². The van der Waals surface area contributed by atoms with Gasteiger partial charge < -0.3 is 49.0 Å². The molecule has 10 amide bonds. The van der Waals surface area contributed by atoms with Gasteiger partial charge in [-0.15, -0.1) is 0 Å². The van der Waals surface area contributed by atoms with Crippen LogP contribution in [0.2, 0.25) is 0 Å². The van der Waals surface area contributed by atoms with Gasteiger partial charge in [0.1, 0.15) is 0 Å². The third kappa shape index (κ3) is 14.1. The molecule has 0 aliphatic carbocycles. The molecule has 0 N–H and O–H groups in total. The van der Waals surface area contributed by atoms with Crippen LogP contribution in [0.1, 0.15) is 154 Å². The molecule has 92 heavy (non-hydrogen) atoms. The topological polar surface area (TPSA) is 203 Å². The molecular formula is C72H78N10O10. The summed E-state index contributed by atoms with van der Waals surface area (Å²) < 4.78 is 0. The molecule has 476 valence electrons. The number of piperazine rings is 5. The lowest BCUT2D eigenvalue weighted by Gasteiger charge is -2.35. The fourth-order valence-electron chi connectivity index (χ4n) is 12.4. The second-order valence-corrected chi connectivity index (χ2v) is 24.8. The quantitative estimate of drug-likeness (QED) is 0.124. The second-order valence-electron chi connectivity index (χ2n) is 24.8. The van der Waals surface area contributed by atoms with Crippen molar-refractivity contribution in [2.24, 2.45) is 0 Å². The van der Waals surface area contributed by atoms with E-state index in [0.717, 1.165) is 0 Å². The van der Waals surface area contributed by atoms with Crippen LogP contribution in [0.3, 0.4) is 0 Å². The van der Waals surface area contributed by atoms with E-state index < -0.39 is 0 Å². The van der Waals surface area contributed by atoms with Crippen LogP contribution >= 0.6 is 0 Å². The maximum Gasteiger partial charge on any atom is 0.253 e. The number of hydrogen-bond donors (Lipinski definition) is 0. The van der Waals surface area contributed by atoms with Gasteiger partial charge in [-0.3, -0.25) is 47.9 Å². The summed E-state index contributed by atoms with van der Waals surface area (Å²) in [5.41, 5.74) is 7.07. The van der Waals surface area contributed by atoms with Crippen molar-refractivity contribution >= 4 is 59.1 Å². The van der Waals surface area contributed by atoms with Crippen molar-refractivity contribution in [2.45, 2.75) is 39.5 Å². The normalized spacial score (nSPS) is 16.5. The van der Waals surface area contributed by atoms with Crippen molar-refractivity contribution in [3.05, 3.63) is 212 Å². The maximum absolute atomic E-state index is 13.6. The van der Waals surface area contributed by atoms with Gasteiger partial charge in [0, 0.05) is 187 Å². The molecule has 0 unspecified atom stereocenters. The van der Waals surface area contributed by atoms with Gasteiger partial charge in [-0.25, -0.2) is 0 Å². The Morgan fingerprint density at radius 2 is 0.272 bits per heavy atom. The van der Waals surface area contributed by atoms with Crippen LogP contribution in [-0.2, 0) is 0 Å². The van der Waals surface area contributed by atoms with Crippen molar-refractivity contribution in [1.29, 1.82) is 0 Å². The van der Waals surface area contributed by atoms with Gasteiger partial charge in [-0.1, -0.05) is 52.0 Å². The summed E-state index contributed by atoms with van der Waals surface area (Å²) >= 11 is 0. The van der Waals surface area contributed by atoms with Crippen molar-refractivity contribution in [3.63, 3.8) is 0 Å². The van der Waals surface area contributed by atoms with Crippen molar-refractivity contribution in [3.8, 4) is 0 Å². The number of carbonyl (C=O) groups excluding carboxylic acids is 10. The highest BCUT2D eigenvalue weighted by molar-refractivity contribution is 6.02. The van der Waals surface area contributed by atoms with Crippen molar-refractivity contribution < 1.29 is 47.9 Å². The van der Waals surface area contributed by atoms with E-state index in [2.05, 4.69) is 27.7 Å². The number of amides is 10. The minimum atomic E-state index is -0.215. The molecule has 5 saturated heterocycles. The minimum Gasteiger partial charge on any atom is -0.335 e. The highest BCUT2D eigenvalue weighted by Crippen LogP contribution is 2.23. The number of hydrogen-bond acceptors (Lipinski definition) is 10. The number of carbonyl (C=O) groups is 10. The average molecular weight is 1240 g/mol. The summed E-state index contributed by atoms with van der Waals surface area (Å²) in [5.74, 6) is -0.901. The lowest BCUT2D eigenvalue weighted by atomic mass is 10.0. The lowest BCUT2D eigenvalue weighted by Crippen LogP contribution is -2.51. The molecule has 5 heterocycles. The molecular weight excluding hydrogens is 1160 g/mol. The van der Waals surface area contributed by atoms with E-state index in [0.29, 0.717) is 198 Å². The Balaban J connectivity index is 0.571. The van der Waals surface area contributed by atoms with Crippen LogP contribution in [-0.4, -0.2) is 239 Å². The molecule has 0 atom stereocenters. The Bertz CT molecular complexity index is 3480. The highest BCUT2D eigenvalue weighted by atomic mass is 16.2. The maximum atomic E-state index is 13.6. The average Bonchev–Trinajstić information content (AvgIpc) is 1.19. The SMILES string of the molecule is CC(C)c1ccc(C(=O)N2CCN(C(=O)c3ccc(C(=O)N4CCN(C(=O)c5ccc(C(=O)N6CCN(C(=O)c7ccc(C(=O)N8CCN(C(=O)c9ccc(C(=O)N%10CCN(C(=O)c%11ccc(C(C)C)cc%11)CC%10)cc9)CC8)cc7)CC6)cc5)CC4)cc3)CC2)cc1. The molecule has 0 radical (unpaired) electrons. The summed E-state index contributed by atoms with van der Waals surface area (Å²) in [4.78, 5) is 152. The molecule has 0 saturated carbocycles. The van der Waals surface area contributed by atoms with Crippen LogP contribution in [0.5, 0.6) is 0 Å². The van der Waals surface area contributed by atoms with E-state index in [1.165, 1.54) is 11.1 Å². The summed E-state index contributed by atoms with van der Waals surface area (Å²) in [6, 6.07) is 41.7. The monoisotopic (exact) mass is 1240 g/mol. The van der Waals surface area contributed by atoms with Crippen LogP contribution in [0.4, 0.5) is 0 Å². The Labute approximate surface area is 536 Å². The number of benzene rings is 6. The summed E-state index contributed by atoms with van der Waals surface area (Å²) in [5, 5.41) is 0. The molecule has 20 heteroatoms. The fraction of sp³-hybridized carbons (Fsp3) is 0.361. The van der Waals surface area contributed by atoms with E-state index in [9.17, 15) is 47.9 Å². The van der Waals surface area contributed by atoms with Gasteiger partial charge in [0.15, 0.2) is 0 Å². The predicted molar refractivity (Wildman–Crippen MR) is 346 cm³/mol. The van der Waals surface area contributed by atoms with E-state index in [1.807, 2.05) is 48.5 Å². The molecule has 6 aromatic rings. The zero-order chi connectivity index (χ0) is 64.7. The molecule has 5 fully saturated rings. The zero-order valence-electron chi connectivity index (χ0n) is 52.7. The molecule has 11 rings (SSSR count). The van der Waals surface area contributed by atoms with E-state index >= 15 is 0 Å². The van der Waals surface area contributed by atoms with Crippen LogP contribution in [0.25, 0.3) is 0 Å². The van der Waals surface area contributed by atoms with Crippen molar-refractivity contribution in [1.82, 2.24) is 49.0 Å². The second kappa shape index (κ2) is 28.0. The summed E-state index contributed by atoms with van der Waals surface area (Å²) in [6.07, 6.45) is 0. The Morgan fingerprint density at radius 1 is 0.185 bits per heavy atom. The molecule has 0 spiro atoms. The zero-order valence-corrected chi connectivity index (χ0v) is 52.7. The first-order valence-electron chi connectivity index (χ1n) is 31.9. The lowest BCUT2D eigenvalue weighted by molar-refractivity contribution is 0.0531. The predicted octanol–water partition coefficient (Wildman–Crippen LogP) is 6.92. The smallest absolute Gasteiger partial charge is 0.253 e. The van der Waals surface area contributed by atoms with Gasteiger partial charge in [-0.2, -0.15) is 0 Å². The molecule has 6 aromatic carbocycles. The van der Waals surface area contributed by atoms with Gasteiger partial charge >= 0.3 is 0 Å². The Kier molecular flexibility index (Phi) is 19.4. The molecule has 0 aromatic heterocycles.